The van der Waals surface area contributed by atoms with Crippen LogP contribution in [0.15, 0.2) is 0 Å². The Balaban J connectivity index is 2.54. The molecule has 8 amide bonds. The average molecular weight is 741 g/mol. The van der Waals surface area contributed by atoms with Crippen molar-refractivity contribution in [1.29, 1.82) is 0 Å². The Labute approximate surface area is 303 Å². The van der Waals surface area contributed by atoms with E-state index in [1.165, 1.54) is 11.8 Å². The lowest BCUT2D eigenvalue weighted by Gasteiger charge is -2.23. The monoisotopic (exact) mass is 740 g/mol. The van der Waals surface area contributed by atoms with Crippen molar-refractivity contribution in [2.45, 2.75) is 90.4 Å². The van der Waals surface area contributed by atoms with Gasteiger partial charge in [0.25, 0.3) is 0 Å². The van der Waals surface area contributed by atoms with E-state index in [0.717, 1.165) is 19.4 Å². The van der Waals surface area contributed by atoms with Crippen molar-refractivity contribution in [1.82, 2.24) is 47.4 Å². The highest BCUT2D eigenvalue weighted by atomic mass is 16.4. The zero-order valence-corrected chi connectivity index (χ0v) is 30.4. The standard InChI is InChI=1S/C32H56N10O10/c1-5-10-42(18-27(46)35-14-26(45)41-23(11-19(2)3)32(52)38-17-29(48)49)28(47)16-37-30(50)20(4)39-25(44)15-36-31(51)22(40-24(43)12-33)9-7-6-8-21-13-34-21/h19-23,34H,5-18,33H2,1-4H3,(H,35,46)(H,36,51)(H,37,50)(H,38,52)(H,39,44)(H,40,43)(H,41,45)(H,48,49). The van der Waals surface area contributed by atoms with Crippen LogP contribution in [0.25, 0.3) is 0 Å². The highest BCUT2D eigenvalue weighted by Crippen LogP contribution is 2.11. The Kier molecular flexibility index (Phi) is 21.2. The molecule has 0 aromatic rings. The minimum absolute atomic E-state index is 0.0120. The van der Waals surface area contributed by atoms with Crippen LogP contribution >= 0.6 is 0 Å². The van der Waals surface area contributed by atoms with Gasteiger partial charge in [0.15, 0.2) is 0 Å². The molecule has 0 radical (unpaired) electrons. The minimum atomic E-state index is -1.25. The number of unbranched alkanes of at least 4 members (excludes halogenated alkanes) is 1. The first kappa shape index (κ1) is 45.2. The Morgan fingerprint density at radius 2 is 1.33 bits per heavy atom. The fourth-order valence-electron chi connectivity index (χ4n) is 4.83. The molecule has 0 aliphatic carbocycles. The summed E-state index contributed by atoms with van der Waals surface area (Å²) in [6.45, 7) is 5.09. The third-order valence-electron chi connectivity index (χ3n) is 7.63. The van der Waals surface area contributed by atoms with Crippen LogP contribution in [0, 0.1) is 5.92 Å². The first-order valence-corrected chi connectivity index (χ1v) is 17.5. The van der Waals surface area contributed by atoms with Crippen molar-refractivity contribution in [2.24, 2.45) is 11.7 Å². The van der Waals surface area contributed by atoms with E-state index in [1.54, 1.807) is 6.92 Å². The van der Waals surface area contributed by atoms with E-state index in [0.29, 0.717) is 25.3 Å². The van der Waals surface area contributed by atoms with Crippen molar-refractivity contribution < 1.29 is 48.3 Å². The topological polar surface area (TPSA) is 309 Å². The molecule has 20 nitrogen and oxygen atoms in total. The molecule has 0 saturated carbocycles. The number of nitrogens with two attached hydrogens (primary N) is 1. The molecule has 1 aliphatic heterocycles. The van der Waals surface area contributed by atoms with Gasteiger partial charge < -0.3 is 58.3 Å². The summed E-state index contributed by atoms with van der Waals surface area (Å²) in [7, 11) is 0. The molecule has 1 fully saturated rings. The molecule has 4 unspecified atom stereocenters. The van der Waals surface area contributed by atoms with E-state index < -0.39 is 104 Å². The second-order valence-corrected chi connectivity index (χ2v) is 12.9. The number of hydrogen-bond donors (Lipinski definition) is 10. The van der Waals surface area contributed by atoms with Crippen molar-refractivity contribution in [2.75, 3.05) is 52.4 Å². The fraction of sp³-hybridized carbons (Fsp3) is 0.719. The Hall–Kier alpha value is -4.85. The normalized spacial score (nSPS) is 14.8. The molecular weight excluding hydrogens is 684 g/mol. The van der Waals surface area contributed by atoms with E-state index >= 15 is 0 Å². The third-order valence-corrected chi connectivity index (χ3v) is 7.63. The number of carboxylic acid groups (broad SMARTS) is 1. The molecule has 1 heterocycles. The Morgan fingerprint density at radius 3 is 1.92 bits per heavy atom. The number of carbonyl (C=O) groups is 9. The molecule has 0 aromatic carbocycles. The maximum atomic E-state index is 12.8. The zero-order chi connectivity index (χ0) is 39.2. The largest absolute Gasteiger partial charge is 0.480 e. The number of rotatable bonds is 26. The number of carboxylic acids is 1. The summed E-state index contributed by atoms with van der Waals surface area (Å²) < 4.78 is 0. The van der Waals surface area contributed by atoms with Crippen LogP contribution in [0.2, 0.25) is 0 Å². The van der Waals surface area contributed by atoms with Gasteiger partial charge in [-0.05, 0) is 38.5 Å². The van der Waals surface area contributed by atoms with E-state index in [9.17, 15) is 43.2 Å². The number of carbonyl (C=O) groups excluding carboxylic acids is 8. The number of hydrogen-bond acceptors (Lipinski definition) is 11. The van der Waals surface area contributed by atoms with Crippen molar-refractivity contribution >= 4 is 53.2 Å². The second kappa shape index (κ2) is 24.4. The number of aliphatic carboxylic acids is 1. The molecule has 4 atom stereocenters. The van der Waals surface area contributed by atoms with Crippen LogP contribution in [0.1, 0.15) is 66.2 Å². The molecule has 294 valence electrons. The van der Waals surface area contributed by atoms with Gasteiger partial charge in [0.05, 0.1) is 32.7 Å². The number of nitrogens with one attached hydrogen (secondary N) is 8. The van der Waals surface area contributed by atoms with Gasteiger partial charge in [-0.2, -0.15) is 0 Å². The van der Waals surface area contributed by atoms with E-state index in [4.69, 9.17) is 10.8 Å². The molecule has 1 aliphatic rings. The number of nitrogens with zero attached hydrogens (tertiary/aromatic N) is 1. The summed E-state index contributed by atoms with van der Waals surface area (Å²) in [6, 6.07) is -2.49. The van der Waals surface area contributed by atoms with Crippen molar-refractivity contribution in [3.63, 3.8) is 0 Å². The van der Waals surface area contributed by atoms with Gasteiger partial charge >= 0.3 is 5.97 Å². The SMILES string of the molecule is CCCN(CC(=O)NCC(=O)NC(CC(C)C)C(=O)NCC(=O)O)C(=O)CNC(=O)C(C)NC(=O)CNC(=O)C(CCCCC1CN1)NC(=O)CN. The molecule has 1 rings (SSSR count). The maximum Gasteiger partial charge on any atom is 0.322 e. The van der Waals surface area contributed by atoms with Gasteiger partial charge in [-0.3, -0.25) is 43.2 Å². The fourth-order valence-corrected chi connectivity index (χ4v) is 4.83. The molecule has 11 N–H and O–H groups in total. The highest BCUT2D eigenvalue weighted by Gasteiger charge is 2.25. The molecule has 20 heteroatoms. The summed E-state index contributed by atoms with van der Waals surface area (Å²) in [5.41, 5.74) is 5.36. The van der Waals surface area contributed by atoms with Gasteiger partial charge in [0.1, 0.15) is 24.7 Å². The van der Waals surface area contributed by atoms with Crippen molar-refractivity contribution in [3.05, 3.63) is 0 Å². The van der Waals surface area contributed by atoms with Gasteiger partial charge in [-0.15, -0.1) is 0 Å². The summed E-state index contributed by atoms with van der Waals surface area (Å²) in [5, 5.41) is 28.9. The average Bonchev–Trinajstić information content (AvgIpc) is 3.92. The van der Waals surface area contributed by atoms with E-state index in [1.807, 2.05) is 13.8 Å². The first-order valence-electron chi connectivity index (χ1n) is 17.5. The van der Waals surface area contributed by atoms with Crippen LogP contribution in [-0.2, 0) is 43.2 Å². The molecule has 0 aromatic heterocycles. The summed E-state index contributed by atoms with van der Waals surface area (Å²) >= 11 is 0. The van der Waals surface area contributed by atoms with Gasteiger partial charge in [0.2, 0.25) is 47.3 Å². The molecule has 0 bridgehead atoms. The third kappa shape index (κ3) is 20.1. The van der Waals surface area contributed by atoms with Crippen LogP contribution in [0.4, 0.5) is 0 Å². The molecular formula is C32H56N10O10. The minimum Gasteiger partial charge on any atom is -0.480 e. The molecule has 52 heavy (non-hydrogen) atoms. The lowest BCUT2D eigenvalue weighted by atomic mass is 10.0. The highest BCUT2D eigenvalue weighted by molar-refractivity contribution is 5.95. The molecule has 0 spiro atoms. The van der Waals surface area contributed by atoms with Crippen LogP contribution < -0.4 is 48.3 Å². The zero-order valence-electron chi connectivity index (χ0n) is 30.4. The predicted molar refractivity (Wildman–Crippen MR) is 187 cm³/mol. The van der Waals surface area contributed by atoms with Crippen molar-refractivity contribution in [3.8, 4) is 0 Å². The maximum absolute atomic E-state index is 12.8. The Bertz CT molecular complexity index is 1260. The predicted octanol–water partition coefficient (Wildman–Crippen LogP) is -4.21. The van der Waals surface area contributed by atoms with Crippen LogP contribution in [0.5, 0.6) is 0 Å². The van der Waals surface area contributed by atoms with Crippen LogP contribution in [0.3, 0.4) is 0 Å². The quantitative estimate of drug-likeness (QED) is 0.0298. The lowest BCUT2D eigenvalue weighted by Crippen LogP contribution is -2.53. The number of amides is 8. The van der Waals surface area contributed by atoms with Crippen LogP contribution in [-0.4, -0.2) is 140 Å². The van der Waals surface area contributed by atoms with E-state index in [-0.39, 0.29) is 25.4 Å². The Morgan fingerprint density at radius 1 is 0.750 bits per heavy atom. The molecule has 1 saturated heterocycles. The smallest absolute Gasteiger partial charge is 0.322 e. The van der Waals surface area contributed by atoms with E-state index in [2.05, 4.69) is 42.5 Å². The summed E-state index contributed by atoms with van der Waals surface area (Å²) in [4.78, 5) is 112. The summed E-state index contributed by atoms with van der Waals surface area (Å²) in [6.07, 6.45) is 3.56. The first-order chi connectivity index (χ1) is 24.6. The summed E-state index contributed by atoms with van der Waals surface area (Å²) in [5.74, 6) is -6.39. The van der Waals surface area contributed by atoms with Gasteiger partial charge in [0, 0.05) is 19.1 Å². The van der Waals surface area contributed by atoms with Gasteiger partial charge in [-0.1, -0.05) is 33.6 Å². The second-order valence-electron chi connectivity index (χ2n) is 12.9. The lowest BCUT2D eigenvalue weighted by molar-refractivity contribution is -0.138. The van der Waals surface area contributed by atoms with Gasteiger partial charge in [-0.25, -0.2) is 0 Å².